The lowest BCUT2D eigenvalue weighted by Gasteiger charge is -2.29. The second kappa shape index (κ2) is 7.32. The fourth-order valence-electron chi connectivity index (χ4n) is 3.19. The fourth-order valence-corrected chi connectivity index (χ4v) is 3.19. The van der Waals surface area contributed by atoms with Gasteiger partial charge in [-0.3, -0.25) is 0 Å². The Hall–Kier alpha value is -1.00. The van der Waals surface area contributed by atoms with Crippen molar-refractivity contribution in [2.75, 3.05) is 6.61 Å². The van der Waals surface area contributed by atoms with Crippen LogP contribution in [-0.2, 0) is 11.3 Å². The van der Waals surface area contributed by atoms with Crippen LogP contribution in [0.5, 0.6) is 0 Å². The van der Waals surface area contributed by atoms with Gasteiger partial charge in [-0.1, -0.05) is 19.3 Å². The lowest BCUT2D eigenvalue weighted by Crippen LogP contribution is -2.22. The maximum Gasteiger partial charge on any atom is 0.157 e. The van der Waals surface area contributed by atoms with Crippen LogP contribution in [0.15, 0.2) is 12.4 Å². The standard InChI is InChI=1S/C17H27N3O/c1-2-21-16(14-6-4-3-5-7-14)17-19-11-13(12-20-17)10-18-15-8-9-15/h11-12,14-16,18H,2-10H2,1H3. The van der Waals surface area contributed by atoms with Gasteiger partial charge in [0.15, 0.2) is 5.82 Å². The van der Waals surface area contributed by atoms with Crippen LogP contribution in [0.3, 0.4) is 0 Å². The van der Waals surface area contributed by atoms with Gasteiger partial charge < -0.3 is 10.1 Å². The molecule has 0 bridgehead atoms. The van der Waals surface area contributed by atoms with E-state index in [4.69, 9.17) is 4.74 Å². The molecule has 1 atom stereocenters. The van der Waals surface area contributed by atoms with Gasteiger partial charge in [-0.2, -0.15) is 0 Å². The Labute approximate surface area is 127 Å². The molecule has 0 spiro atoms. The van der Waals surface area contributed by atoms with Gasteiger partial charge in [-0.05, 0) is 38.5 Å². The van der Waals surface area contributed by atoms with Crippen molar-refractivity contribution in [1.29, 1.82) is 0 Å². The van der Waals surface area contributed by atoms with Gasteiger partial charge in [0.25, 0.3) is 0 Å². The molecule has 0 saturated heterocycles. The van der Waals surface area contributed by atoms with E-state index in [0.717, 1.165) is 25.0 Å². The zero-order valence-electron chi connectivity index (χ0n) is 13.1. The molecule has 1 unspecified atom stereocenters. The number of hydrogen-bond acceptors (Lipinski definition) is 4. The van der Waals surface area contributed by atoms with Crippen LogP contribution in [0.25, 0.3) is 0 Å². The van der Waals surface area contributed by atoms with Gasteiger partial charge in [-0.15, -0.1) is 0 Å². The molecule has 4 nitrogen and oxygen atoms in total. The van der Waals surface area contributed by atoms with Gasteiger partial charge in [-0.25, -0.2) is 9.97 Å². The van der Waals surface area contributed by atoms with Crippen molar-refractivity contribution in [3.8, 4) is 0 Å². The third-order valence-corrected chi connectivity index (χ3v) is 4.58. The first-order chi connectivity index (χ1) is 10.4. The summed E-state index contributed by atoms with van der Waals surface area (Å²) < 4.78 is 5.97. The Balaban J connectivity index is 1.63. The van der Waals surface area contributed by atoms with Gasteiger partial charge in [0.2, 0.25) is 0 Å². The minimum atomic E-state index is 0.0840. The van der Waals surface area contributed by atoms with E-state index in [9.17, 15) is 0 Å². The number of nitrogens with one attached hydrogen (secondary N) is 1. The van der Waals surface area contributed by atoms with E-state index in [1.165, 1.54) is 50.5 Å². The first kappa shape index (κ1) is 14.9. The van der Waals surface area contributed by atoms with Crippen molar-refractivity contribution in [3.05, 3.63) is 23.8 Å². The van der Waals surface area contributed by atoms with E-state index < -0.39 is 0 Å². The predicted octanol–water partition coefficient (Wildman–Crippen LogP) is 3.39. The first-order valence-corrected chi connectivity index (χ1v) is 8.52. The molecule has 0 radical (unpaired) electrons. The second-order valence-electron chi connectivity index (χ2n) is 6.38. The monoisotopic (exact) mass is 289 g/mol. The molecule has 1 N–H and O–H groups in total. The van der Waals surface area contributed by atoms with E-state index in [-0.39, 0.29) is 6.10 Å². The number of rotatable bonds is 7. The summed E-state index contributed by atoms with van der Waals surface area (Å²) >= 11 is 0. The lowest BCUT2D eigenvalue weighted by molar-refractivity contribution is -0.000230. The van der Waals surface area contributed by atoms with Crippen molar-refractivity contribution in [2.45, 2.75) is 70.6 Å². The Morgan fingerprint density at radius 3 is 2.48 bits per heavy atom. The summed E-state index contributed by atoms with van der Waals surface area (Å²) in [7, 11) is 0. The van der Waals surface area contributed by atoms with Crippen molar-refractivity contribution in [1.82, 2.24) is 15.3 Å². The molecule has 0 aliphatic heterocycles. The highest BCUT2D eigenvalue weighted by Crippen LogP contribution is 2.35. The summed E-state index contributed by atoms with van der Waals surface area (Å²) in [5.41, 5.74) is 1.17. The highest BCUT2D eigenvalue weighted by molar-refractivity contribution is 5.07. The van der Waals surface area contributed by atoms with Crippen molar-refractivity contribution in [3.63, 3.8) is 0 Å². The maximum atomic E-state index is 5.97. The van der Waals surface area contributed by atoms with Crippen LogP contribution in [0.1, 0.15) is 69.4 Å². The third-order valence-electron chi connectivity index (χ3n) is 4.58. The Bertz CT molecular complexity index is 424. The van der Waals surface area contributed by atoms with Crippen LogP contribution >= 0.6 is 0 Å². The minimum absolute atomic E-state index is 0.0840. The second-order valence-corrected chi connectivity index (χ2v) is 6.38. The molecule has 116 valence electrons. The lowest BCUT2D eigenvalue weighted by atomic mass is 9.85. The van der Waals surface area contributed by atoms with E-state index >= 15 is 0 Å². The van der Waals surface area contributed by atoms with Crippen LogP contribution in [0, 0.1) is 5.92 Å². The van der Waals surface area contributed by atoms with Gasteiger partial charge in [0.05, 0.1) is 0 Å². The van der Waals surface area contributed by atoms with Gasteiger partial charge >= 0.3 is 0 Å². The van der Waals surface area contributed by atoms with Crippen molar-refractivity contribution < 1.29 is 4.74 Å². The van der Waals surface area contributed by atoms with Crippen molar-refractivity contribution in [2.24, 2.45) is 5.92 Å². The molecule has 4 heteroatoms. The van der Waals surface area contributed by atoms with E-state index in [1.54, 1.807) is 0 Å². The topological polar surface area (TPSA) is 47.0 Å². The summed E-state index contributed by atoms with van der Waals surface area (Å²) in [6.45, 7) is 3.67. The largest absolute Gasteiger partial charge is 0.370 e. The first-order valence-electron chi connectivity index (χ1n) is 8.52. The molecule has 1 heterocycles. The quantitative estimate of drug-likeness (QED) is 0.836. The van der Waals surface area contributed by atoms with Gasteiger partial charge in [0.1, 0.15) is 6.10 Å². The molecule has 2 aliphatic rings. The average Bonchev–Trinajstić information content (AvgIpc) is 3.36. The number of aromatic nitrogens is 2. The molecule has 2 fully saturated rings. The van der Waals surface area contributed by atoms with E-state index in [0.29, 0.717) is 5.92 Å². The molecule has 0 amide bonds. The zero-order valence-corrected chi connectivity index (χ0v) is 13.1. The van der Waals surface area contributed by atoms with E-state index in [1.807, 2.05) is 12.4 Å². The smallest absolute Gasteiger partial charge is 0.157 e. The molecular weight excluding hydrogens is 262 g/mol. The molecular formula is C17H27N3O. The summed E-state index contributed by atoms with van der Waals surface area (Å²) in [6, 6.07) is 0.725. The molecule has 2 saturated carbocycles. The summed E-state index contributed by atoms with van der Waals surface area (Å²) in [6.07, 6.45) is 13.1. The maximum absolute atomic E-state index is 5.97. The average molecular weight is 289 g/mol. The normalized spacial score (nSPS) is 21.4. The highest BCUT2D eigenvalue weighted by atomic mass is 16.5. The van der Waals surface area contributed by atoms with Crippen molar-refractivity contribution >= 4 is 0 Å². The van der Waals surface area contributed by atoms with Crippen LogP contribution in [-0.4, -0.2) is 22.6 Å². The predicted molar refractivity (Wildman–Crippen MR) is 82.8 cm³/mol. The Morgan fingerprint density at radius 2 is 1.86 bits per heavy atom. The summed E-state index contributed by atoms with van der Waals surface area (Å²) in [5.74, 6) is 1.47. The fraction of sp³-hybridized carbons (Fsp3) is 0.765. The van der Waals surface area contributed by atoms with Crippen LogP contribution < -0.4 is 5.32 Å². The molecule has 1 aromatic heterocycles. The van der Waals surface area contributed by atoms with Crippen LogP contribution in [0.4, 0.5) is 0 Å². The highest BCUT2D eigenvalue weighted by Gasteiger charge is 2.27. The number of hydrogen-bond donors (Lipinski definition) is 1. The SMILES string of the molecule is CCOC(c1ncc(CNC2CC2)cn1)C1CCCCC1. The molecule has 1 aromatic rings. The van der Waals surface area contributed by atoms with Gasteiger partial charge in [0, 0.05) is 37.2 Å². The number of nitrogens with zero attached hydrogens (tertiary/aromatic N) is 2. The third kappa shape index (κ3) is 4.24. The Kier molecular flexibility index (Phi) is 5.20. The minimum Gasteiger partial charge on any atom is -0.370 e. The zero-order chi connectivity index (χ0) is 14.5. The molecule has 2 aliphatic carbocycles. The summed E-state index contributed by atoms with van der Waals surface area (Å²) in [4.78, 5) is 9.19. The molecule has 3 rings (SSSR count). The van der Waals surface area contributed by atoms with Crippen LogP contribution in [0.2, 0.25) is 0 Å². The molecule has 0 aromatic carbocycles. The van der Waals surface area contributed by atoms with E-state index in [2.05, 4.69) is 22.2 Å². The summed E-state index contributed by atoms with van der Waals surface area (Å²) in [5, 5.41) is 3.50. The molecule has 21 heavy (non-hydrogen) atoms. The number of ether oxygens (including phenoxy) is 1. The Morgan fingerprint density at radius 1 is 1.14 bits per heavy atom.